The smallest absolute Gasteiger partial charge is 0.361 e. The molecular formula is C68H122NO8+. The van der Waals surface area contributed by atoms with E-state index < -0.39 is 24.3 Å². The Morgan fingerprint density at radius 1 is 0.403 bits per heavy atom. The number of carbonyl (C=O) groups is 3. The molecule has 0 aliphatic heterocycles. The summed E-state index contributed by atoms with van der Waals surface area (Å²) in [6.07, 6.45) is 74.2. The average Bonchev–Trinajstić information content (AvgIpc) is 3.40. The lowest BCUT2D eigenvalue weighted by Gasteiger charge is -2.25. The van der Waals surface area contributed by atoms with E-state index in [-0.39, 0.29) is 32.2 Å². The molecule has 0 aromatic heterocycles. The van der Waals surface area contributed by atoms with E-state index in [1.54, 1.807) is 0 Å². The second kappa shape index (κ2) is 58.9. The number of aliphatic carboxylic acids is 1. The van der Waals surface area contributed by atoms with Crippen LogP contribution in [-0.4, -0.2) is 87.4 Å². The molecule has 0 amide bonds. The Bertz CT molecular complexity index is 1490. The van der Waals surface area contributed by atoms with Crippen LogP contribution < -0.4 is 0 Å². The van der Waals surface area contributed by atoms with Gasteiger partial charge in [-0.05, 0) is 83.5 Å². The number of rotatable bonds is 59. The lowest BCUT2D eigenvalue weighted by Crippen LogP contribution is -2.40. The van der Waals surface area contributed by atoms with Gasteiger partial charge in [0.05, 0.1) is 34.4 Å². The van der Waals surface area contributed by atoms with Crippen molar-refractivity contribution in [1.82, 2.24) is 0 Å². The minimum Gasteiger partial charge on any atom is -0.477 e. The molecule has 0 aromatic carbocycles. The predicted molar refractivity (Wildman–Crippen MR) is 327 cm³/mol. The molecule has 0 aliphatic rings. The summed E-state index contributed by atoms with van der Waals surface area (Å²) < 4.78 is 22.9. The SMILES string of the molecule is CC/C=C\C/C=C\C/C=C\C/C=C\C/C=C\CCCCCCCCCCCCCCCCCC(=O)OC(COC(=O)CCCCCCCCCCC/C=C\CCCCCCCCCC)COC(OCC[N+](C)(C)C)C(=O)O. The van der Waals surface area contributed by atoms with Gasteiger partial charge in [0.25, 0.3) is 6.29 Å². The van der Waals surface area contributed by atoms with Crippen LogP contribution in [0, 0.1) is 0 Å². The molecule has 2 unspecified atom stereocenters. The van der Waals surface area contributed by atoms with Crippen LogP contribution in [-0.2, 0) is 33.3 Å². The zero-order valence-corrected chi connectivity index (χ0v) is 50.9. The normalized spacial score (nSPS) is 13.2. The van der Waals surface area contributed by atoms with E-state index in [9.17, 15) is 19.5 Å². The maximum absolute atomic E-state index is 12.9. The average molecular weight is 1080 g/mol. The summed E-state index contributed by atoms with van der Waals surface area (Å²) in [7, 11) is 5.98. The van der Waals surface area contributed by atoms with Crippen LogP contribution in [0.1, 0.15) is 284 Å². The van der Waals surface area contributed by atoms with Crippen LogP contribution in [0.4, 0.5) is 0 Å². The minimum atomic E-state index is -1.51. The molecule has 2 atom stereocenters. The van der Waals surface area contributed by atoms with Crippen molar-refractivity contribution in [3.8, 4) is 0 Å². The fourth-order valence-electron chi connectivity index (χ4n) is 9.04. The van der Waals surface area contributed by atoms with E-state index in [0.717, 1.165) is 70.6 Å². The summed E-state index contributed by atoms with van der Waals surface area (Å²) in [5, 5.41) is 9.73. The van der Waals surface area contributed by atoms with Gasteiger partial charge < -0.3 is 28.5 Å². The third kappa shape index (κ3) is 60.2. The lowest BCUT2D eigenvalue weighted by atomic mass is 10.0. The highest BCUT2D eigenvalue weighted by molar-refractivity contribution is 5.71. The number of esters is 2. The molecule has 1 N–H and O–H groups in total. The summed E-state index contributed by atoms with van der Waals surface area (Å²) >= 11 is 0. The number of nitrogens with zero attached hydrogens (tertiary/aromatic N) is 1. The molecule has 0 fully saturated rings. The van der Waals surface area contributed by atoms with E-state index in [1.807, 2.05) is 21.1 Å². The van der Waals surface area contributed by atoms with Gasteiger partial charge in [-0.3, -0.25) is 9.59 Å². The Kier molecular flexibility index (Phi) is 56.4. The van der Waals surface area contributed by atoms with E-state index in [1.165, 1.54) is 186 Å². The number of quaternary nitrogens is 1. The third-order valence-electron chi connectivity index (χ3n) is 13.9. The fraction of sp³-hybridized carbons (Fsp3) is 0.779. The highest BCUT2D eigenvalue weighted by Gasteiger charge is 2.25. The van der Waals surface area contributed by atoms with E-state index in [0.29, 0.717) is 17.4 Å². The molecule has 0 radical (unpaired) electrons. The van der Waals surface area contributed by atoms with E-state index in [4.69, 9.17) is 18.9 Å². The van der Waals surface area contributed by atoms with Gasteiger partial charge >= 0.3 is 17.9 Å². The number of likely N-dealkylation sites (N-methyl/N-ethyl adjacent to an activating group) is 1. The van der Waals surface area contributed by atoms with Crippen molar-refractivity contribution in [3.63, 3.8) is 0 Å². The number of carbonyl (C=O) groups excluding carboxylic acids is 2. The van der Waals surface area contributed by atoms with Gasteiger partial charge in [0.15, 0.2) is 6.10 Å². The first kappa shape index (κ1) is 73.7. The Balaban J connectivity index is 4.15. The van der Waals surface area contributed by atoms with Gasteiger partial charge in [-0.2, -0.15) is 0 Å². The molecule has 9 heteroatoms. The van der Waals surface area contributed by atoms with Crippen LogP contribution in [0.5, 0.6) is 0 Å². The second-order valence-corrected chi connectivity index (χ2v) is 22.7. The molecule has 0 bridgehead atoms. The summed E-state index contributed by atoms with van der Waals surface area (Å²) in [4.78, 5) is 37.5. The monoisotopic (exact) mass is 1080 g/mol. The number of unbranched alkanes of at least 4 members (excludes halogenated alkanes) is 32. The zero-order chi connectivity index (χ0) is 56.2. The first-order valence-corrected chi connectivity index (χ1v) is 32.1. The lowest BCUT2D eigenvalue weighted by molar-refractivity contribution is -0.870. The van der Waals surface area contributed by atoms with Crippen LogP contribution in [0.2, 0.25) is 0 Å². The molecule has 77 heavy (non-hydrogen) atoms. The third-order valence-corrected chi connectivity index (χ3v) is 13.9. The number of hydrogen-bond acceptors (Lipinski definition) is 7. The van der Waals surface area contributed by atoms with Gasteiger partial charge in [0, 0.05) is 12.8 Å². The van der Waals surface area contributed by atoms with Crippen molar-refractivity contribution >= 4 is 17.9 Å². The Morgan fingerprint density at radius 2 is 0.740 bits per heavy atom. The van der Waals surface area contributed by atoms with Gasteiger partial charge in [-0.1, -0.05) is 260 Å². The number of carboxylic acid groups (broad SMARTS) is 1. The molecule has 0 saturated heterocycles. The fourth-order valence-corrected chi connectivity index (χ4v) is 9.04. The van der Waals surface area contributed by atoms with Crippen LogP contribution in [0.25, 0.3) is 0 Å². The topological polar surface area (TPSA) is 108 Å². The molecule has 0 spiro atoms. The van der Waals surface area contributed by atoms with Crippen molar-refractivity contribution in [2.45, 2.75) is 296 Å². The Hall–Kier alpha value is -3.27. The standard InChI is InChI=1S/C68H121NO8/c1-6-8-10-12-14-16-18-20-22-24-26-28-29-30-31-32-33-34-35-36-37-39-41-43-45-47-49-51-53-55-57-59-66(71)77-64(63-76-68(67(72)73)74-61-60-69(3,4)5)62-75-65(70)58-56-54-52-50-48-46-44-42-40-38-27-25-23-21-19-17-15-13-11-9-7-2/h8,10,14,16,20,22,25-28,30-31,64,68H,6-7,9,11-13,15,17-19,21,23-24,29,32-63H2,1-5H3/p+1/b10-8-,16-14-,22-20-,27-25-,28-26-,31-30-. The van der Waals surface area contributed by atoms with Crippen molar-refractivity contribution < 1.29 is 42.9 Å². The number of allylic oxidation sites excluding steroid dienone is 12. The Labute approximate surface area is 475 Å². The summed E-state index contributed by atoms with van der Waals surface area (Å²) in [6, 6.07) is 0. The number of ether oxygens (including phenoxy) is 4. The summed E-state index contributed by atoms with van der Waals surface area (Å²) in [6.45, 7) is 4.79. The first-order valence-electron chi connectivity index (χ1n) is 32.1. The molecule has 0 saturated carbocycles. The van der Waals surface area contributed by atoms with Crippen LogP contribution >= 0.6 is 0 Å². The molecule has 446 valence electrons. The van der Waals surface area contributed by atoms with Crippen LogP contribution in [0.3, 0.4) is 0 Å². The molecule has 0 aliphatic carbocycles. The molecular weight excluding hydrogens is 959 g/mol. The summed E-state index contributed by atoms with van der Waals surface area (Å²) in [5.74, 6) is -2.00. The highest BCUT2D eigenvalue weighted by atomic mass is 16.7. The largest absolute Gasteiger partial charge is 0.477 e. The molecule has 0 rings (SSSR count). The maximum Gasteiger partial charge on any atom is 0.361 e. The number of hydrogen-bond donors (Lipinski definition) is 1. The van der Waals surface area contributed by atoms with Gasteiger partial charge in [0.2, 0.25) is 0 Å². The Morgan fingerprint density at radius 3 is 1.12 bits per heavy atom. The van der Waals surface area contributed by atoms with Crippen molar-refractivity contribution in [2.75, 3.05) is 47.5 Å². The van der Waals surface area contributed by atoms with Crippen molar-refractivity contribution in [1.29, 1.82) is 0 Å². The minimum absolute atomic E-state index is 0.183. The highest BCUT2D eigenvalue weighted by Crippen LogP contribution is 2.17. The zero-order valence-electron chi connectivity index (χ0n) is 50.9. The summed E-state index contributed by atoms with van der Waals surface area (Å²) in [5.41, 5.74) is 0. The first-order chi connectivity index (χ1) is 37.6. The van der Waals surface area contributed by atoms with Crippen molar-refractivity contribution in [3.05, 3.63) is 72.9 Å². The molecule has 0 aromatic rings. The van der Waals surface area contributed by atoms with Gasteiger partial charge in [0.1, 0.15) is 13.2 Å². The van der Waals surface area contributed by atoms with Gasteiger partial charge in [-0.25, -0.2) is 4.79 Å². The van der Waals surface area contributed by atoms with E-state index >= 15 is 0 Å². The van der Waals surface area contributed by atoms with Gasteiger partial charge in [-0.15, -0.1) is 0 Å². The predicted octanol–water partition coefficient (Wildman–Crippen LogP) is 19.4. The van der Waals surface area contributed by atoms with Crippen molar-refractivity contribution in [2.24, 2.45) is 0 Å². The second-order valence-electron chi connectivity index (χ2n) is 22.7. The molecule has 9 nitrogen and oxygen atoms in total. The quantitative estimate of drug-likeness (QED) is 0.0211. The van der Waals surface area contributed by atoms with Crippen LogP contribution in [0.15, 0.2) is 72.9 Å². The maximum atomic E-state index is 12.9. The van der Waals surface area contributed by atoms with E-state index in [2.05, 4.69) is 86.8 Å². The molecule has 0 heterocycles. The number of carboxylic acids is 1.